The van der Waals surface area contributed by atoms with Crippen LogP contribution in [-0.4, -0.2) is 28.7 Å². The van der Waals surface area contributed by atoms with Crippen molar-refractivity contribution in [3.8, 4) is 23.0 Å². The summed E-state index contributed by atoms with van der Waals surface area (Å²) in [5, 5.41) is 11.4. The number of nitrogens with one attached hydrogen (secondary N) is 1. The number of aryl methyl sites for hydroxylation is 1. The predicted octanol–water partition coefficient (Wildman–Crippen LogP) is 4.00. The molecule has 150 valence electrons. The molecular formula is C21H21N3O4S. The Morgan fingerprint density at radius 3 is 2.72 bits per heavy atom. The zero-order chi connectivity index (χ0) is 20.2. The van der Waals surface area contributed by atoms with E-state index in [1.54, 1.807) is 12.1 Å². The summed E-state index contributed by atoms with van der Waals surface area (Å²) in [6.07, 6.45) is 0.996. The summed E-state index contributed by atoms with van der Waals surface area (Å²) < 4.78 is 16.3. The molecule has 0 saturated carbocycles. The van der Waals surface area contributed by atoms with Crippen LogP contribution in [0.25, 0.3) is 11.5 Å². The highest BCUT2D eigenvalue weighted by Gasteiger charge is 2.17. The summed E-state index contributed by atoms with van der Waals surface area (Å²) >= 11 is 1.20. The molecule has 0 radical (unpaired) electrons. The van der Waals surface area contributed by atoms with Gasteiger partial charge in [0.15, 0.2) is 11.5 Å². The van der Waals surface area contributed by atoms with Crippen LogP contribution >= 0.6 is 11.8 Å². The Bertz CT molecular complexity index is 1000. The molecule has 2 aromatic carbocycles. The first kappa shape index (κ1) is 19.3. The number of ether oxygens (including phenoxy) is 2. The molecule has 0 saturated heterocycles. The molecule has 1 N–H and O–H groups in total. The van der Waals surface area contributed by atoms with Crippen LogP contribution in [0.15, 0.2) is 52.1 Å². The van der Waals surface area contributed by atoms with Gasteiger partial charge in [-0.2, -0.15) is 0 Å². The van der Waals surface area contributed by atoms with Crippen LogP contribution in [0.1, 0.15) is 31.0 Å². The normalized spacial score (nSPS) is 13.3. The molecule has 1 amide bonds. The topological polar surface area (TPSA) is 86.5 Å². The van der Waals surface area contributed by atoms with Gasteiger partial charge in [0.2, 0.25) is 18.6 Å². The van der Waals surface area contributed by atoms with Crippen molar-refractivity contribution in [3.63, 3.8) is 0 Å². The Balaban J connectivity index is 1.31. The van der Waals surface area contributed by atoms with E-state index < -0.39 is 0 Å². The van der Waals surface area contributed by atoms with Crippen LogP contribution in [0.4, 0.5) is 0 Å². The molecule has 0 fully saturated rings. The van der Waals surface area contributed by atoms with Gasteiger partial charge in [0, 0.05) is 5.56 Å². The average molecular weight is 411 g/mol. The zero-order valence-corrected chi connectivity index (χ0v) is 17.0. The number of hydrogen-bond donors (Lipinski definition) is 1. The van der Waals surface area contributed by atoms with Crippen LogP contribution in [0.2, 0.25) is 0 Å². The van der Waals surface area contributed by atoms with Gasteiger partial charge < -0.3 is 19.2 Å². The number of carbonyl (C=O) groups is 1. The second-order valence-electron chi connectivity index (χ2n) is 6.61. The Hall–Kier alpha value is -3.00. The van der Waals surface area contributed by atoms with Crippen molar-refractivity contribution in [2.45, 2.75) is 31.5 Å². The molecule has 0 unspecified atom stereocenters. The molecule has 3 aromatic rings. The lowest BCUT2D eigenvalue weighted by Gasteiger charge is -2.14. The fraction of sp³-hybridized carbons (Fsp3) is 0.286. The number of thioether (sulfide) groups is 1. The molecule has 1 aliphatic heterocycles. The van der Waals surface area contributed by atoms with Crippen molar-refractivity contribution < 1.29 is 18.7 Å². The predicted molar refractivity (Wildman–Crippen MR) is 109 cm³/mol. The van der Waals surface area contributed by atoms with E-state index in [0.717, 1.165) is 17.5 Å². The van der Waals surface area contributed by atoms with Gasteiger partial charge >= 0.3 is 0 Å². The van der Waals surface area contributed by atoms with Gasteiger partial charge in [0.05, 0.1) is 11.8 Å². The highest BCUT2D eigenvalue weighted by atomic mass is 32.2. The third kappa shape index (κ3) is 4.54. The van der Waals surface area contributed by atoms with Crippen LogP contribution < -0.4 is 14.8 Å². The maximum Gasteiger partial charge on any atom is 0.277 e. The monoisotopic (exact) mass is 411 g/mol. The minimum Gasteiger partial charge on any atom is -0.454 e. The molecule has 8 heteroatoms. The SMILES string of the molecule is CCc1ccc([C@@H](C)NC(=O)CSc2nnc(-c3ccc4c(c3)OCO4)o2)cc1. The lowest BCUT2D eigenvalue weighted by Crippen LogP contribution is -2.28. The summed E-state index contributed by atoms with van der Waals surface area (Å²) in [5.41, 5.74) is 3.09. The lowest BCUT2D eigenvalue weighted by molar-refractivity contribution is -0.119. The summed E-state index contributed by atoms with van der Waals surface area (Å²) in [6.45, 7) is 4.29. The second kappa shape index (κ2) is 8.57. The van der Waals surface area contributed by atoms with E-state index in [4.69, 9.17) is 13.9 Å². The van der Waals surface area contributed by atoms with Crippen LogP contribution in [-0.2, 0) is 11.2 Å². The Morgan fingerprint density at radius 1 is 1.14 bits per heavy atom. The molecule has 1 aromatic heterocycles. The molecule has 0 aliphatic carbocycles. The van der Waals surface area contributed by atoms with Gasteiger partial charge in [0.25, 0.3) is 5.22 Å². The minimum atomic E-state index is -0.0927. The van der Waals surface area contributed by atoms with E-state index in [1.807, 2.05) is 25.1 Å². The van der Waals surface area contributed by atoms with Crippen molar-refractivity contribution in [2.75, 3.05) is 12.5 Å². The van der Waals surface area contributed by atoms with E-state index in [9.17, 15) is 4.79 Å². The summed E-state index contributed by atoms with van der Waals surface area (Å²) in [6, 6.07) is 13.6. The molecule has 0 bridgehead atoms. The van der Waals surface area contributed by atoms with E-state index in [0.29, 0.717) is 22.6 Å². The third-order valence-corrected chi connectivity index (χ3v) is 5.44. The number of nitrogens with zero attached hydrogens (tertiary/aromatic N) is 2. The molecule has 7 nitrogen and oxygen atoms in total. The summed E-state index contributed by atoms with van der Waals surface area (Å²) in [4.78, 5) is 12.3. The fourth-order valence-electron chi connectivity index (χ4n) is 2.95. The Kier molecular flexibility index (Phi) is 5.71. The minimum absolute atomic E-state index is 0.0686. The number of amides is 1. The van der Waals surface area contributed by atoms with E-state index >= 15 is 0 Å². The Labute approximate surface area is 172 Å². The van der Waals surface area contributed by atoms with Crippen molar-refractivity contribution in [1.82, 2.24) is 15.5 Å². The van der Waals surface area contributed by atoms with Gasteiger partial charge in [-0.1, -0.05) is 43.0 Å². The average Bonchev–Trinajstić information content (AvgIpc) is 3.41. The lowest BCUT2D eigenvalue weighted by atomic mass is 10.1. The molecule has 0 spiro atoms. The smallest absolute Gasteiger partial charge is 0.277 e. The maximum atomic E-state index is 12.3. The van der Waals surface area contributed by atoms with Crippen molar-refractivity contribution in [2.24, 2.45) is 0 Å². The van der Waals surface area contributed by atoms with Crippen molar-refractivity contribution in [1.29, 1.82) is 0 Å². The number of benzene rings is 2. The number of carbonyl (C=O) groups excluding carboxylic acids is 1. The second-order valence-corrected chi connectivity index (χ2v) is 7.54. The van der Waals surface area contributed by atoms with Crippen LogP contribution in [0, 0.1) is 0 Å². The molecule has 1 aliphatic rings. The third-order valence-electron chi connectivity index (χ3n) is 4.62. The number of aromatic nitrogens is 2. The molecule has 1 atom stereocenters. The van der Waals surface area contributed by atoms with Gasteiger partial charge in [-0.3, -0.25) is 4.79 Å². The highest BCUT2D eigenvalue weighted by Crippen LogP contribution is 2.36. The number of rotatable bonds is 7. The largest absolute Gasteiger partial charge is 0.454 e. The van der Waals surface area contributed by atoms with E-state index in [-0.39, 0.29) is 24.5 Å². The number of hydrogen-bond acceptors (Lipinski definition) is 7. The zero-order valence-electron chi connectivity index (χ0n) is 16.2. The van der Waals surface area contributed by atoms with Crippen molar-refractivity contribution in [3.05, 3.63) is 53.6 Å². The first-order valence-corrected chi connectivity index (χ1v) is 10.4. The van der Waals surface area contributed by atoms with E-state index in [1.165, 1.54) is 17.3 Å². The number of fused-ring (bicyclic) bond motifs is 1. The van der Waals surface area contributed by atoms with Gasteiger partial charge in [-0.25, -0.2) is 0 Å². The Morgan fingerprint density at radius 2 is 1.93 bits per heavy atom. The molecule has 4 rings (SSSR count). The van der Waals surface area contributed by atoms with Gasteiger partial charge in [0.1, 0.15) is 0 Å². The van der Waals surface area contributed by atoms with Gasteiger partial charge in [-0.05, 0) is 42.7 Å². The molecular weight excluding hydrogens is 390 g/mol. The van der Waals surface area contributed by atoms with Crippen LogP contribution in [0.3, 0.4) is 0 Å². The summed E-state index contributed by atoms with van der Waals surface area (Å²) in [5.74, 6) is 1.81. The van der Waals surface area contributed by atoms with Crippen LogP contribution in [0.5, 0.6) is 11.5 Å². The first-order chi connectivity index (χ1) is 14.1. The van der Waals surface area contributed by atoms with E-state index in [2.05, 4.69) is 34.6 Å². The maximum absolute atomic E-state index is 12.3. The molecule has 2 heterocycles. The highest BCUT2D eigenvalue weighted by molar-refractivity contribution is 7.99. The first-order valence-electron chi connectivity index (χ1n) is 9.37. The quantitative estimate of drug-likeness (QED) is 0.588. The fourth-order valence-corrected chi connectivity index (χ4v) is 3.52. The van der Waals surface area contributed by atoms with Gasteiger partial charge in [-0.15, -0.1) is 10.2 Å². The molecule has 29 heavy (non-hydrogen) atoms. The van der Waals surface area contributed by atoms with Crippen molar-refractivity contribution >= 4 is 17.7 Å². The summed E-state index contributed by atoms with van der Waals surface area (Å²) in [7, 11) is 0. The standard InChI is InChI=1S/C21H21N3O4S/c1-3-14-4-6-15(7-5-14)13(2)22-19(25)11-29-21-24-23-20(28-21)16-8-9-17-18(10-16)27-12-26-17/h4-10,13H,3,11-12H2,1-2H3,(H,22,25)/t13-/m1/s1.